The summed E-state index contributed by atoms with van der Waals surface area (Å²) in [4.78, 5) is 6.28. The first-order valence-electron chi connectivity index (χ1n) is 7.72. The molecule has 0 radical (unpaired) electrons. The van der Waals surface area contributed by atoms with E-state index in [2.05, 4.69) is 31.1 Å². The first kappa shape index (κ1) is 15.7. The van der Waals surface area contributed by atoms with Crippen molar-refractivity contribution in [1.82, 2.24) is 20.1 Å². The molecular weight excluding hydrogens is 378 g/mol. The van der Waals surface area contributed by atoms with Crippen LogP contribution in [0.4, 0.5) is 8.78 Å². The van der Waals surface area contributed by atoms with Crippen LogP contribution >= 0.6 is 15.9 Å². The number of alkyl halides is 2. The van der Waals surface area contributed by atoms with Gasteiger partial charge in [-0.3, -0.25) is 15.0 Å². The van der Waals surface area contributed by atoms with E-state index in [1.165, 1.54) is 5.56 Å². The molecular formula is C17H15BrF2N4. The van der Waals surface area contributed by atoms with Crippen LogP contribution < -0.4 is 0 Å². The maximum Gasteiger partial charge on any atom is 0.251 e. The third-order valence-electron chi connectivity index (χ3n) is 4.48. The predicted molar refractivity (Wildman–Crippen MR) is 91.2 cm³/mol. The normalized spacial score (nSPS) is 18.2. The largest absolute Gasteiger partial charge is 0.285 e. The number of fused-ring (bicyclic) bond motifs is 3. The Morgan fingerprint density at radius 3 is 2.88 bits per heavy atom. The number of benzene rings is 1. The standard InChI is InChI=1S/C17H15BrF2N4/c18-10-1-3-15(21-7-10)17-12-2-4-14-13(8-22-23-14)11(12)5-6-24(17)9-16(19)20/h1-4,7-8,16-17H,5-6,9H2,(H,22,23)/t17-/m0/s1. The van der Waals surface area contributed by atoms with Crippen molar-refractivity contribution in [3.05, 3.63) is 58.0 Å². The molecule has 124 valence electrons. The lowest BCUT2D eigenvalue weighted by molar-refractivity contribution is 0.0696. The van der Waals surface area contributed by atoms with Gasteiger partial charge in [-0.2, -0.15) is 5.10 Å². The molecule has 24 heavy (non-hydrogen) atoms. The summed E-state index contributed by atoms with van der Waals surface area (Å²) in [6, 6.07) is 7.48. The molecule has 7 heteroatoms. The van der Waals surface area contributed by atoms with Crippen molar-refractivity contribution >= 4 is 26.8 Å². The van der Waals surface area contributed by atoms with Crippen LogP contribution in [-0.2, 0) is 6.42 Å². The summed E-state index contributed by atoms with van der Waals surface area (Å²) in [5, 5.41) is 8.14. The van der Waals surface area contributed by atoms with Gasteiger partial charge in [0.25, 0.3) is 6.43 Å². The van der Waals surface area contributed by atoms with Gasteiger partial charge >= 0.3 is 0 Å². The monoisotopic (exact) mass is 392 g/mol. The molecule has 0 saturated heterocycles. The lowest BCUT2D eigenvalue weighted by Crippen LogP contribution is -2.39. The molecule has 2 aromatic heterocycles. The molecule has 3 heterocycles. The number of H-pyrrole nitrogens is 1. The van der Waals surface area contributed by atoms with Crippen LogP contribution in [0.5, 0.6) is 0 Å². The molecule has 1 aliphatic rings. The minimum absolute atomic E-state index is 0.259. The average Bonchev–Trinajstić information content (AvgIpc) is 3.04. The summed E-state index contributed by atoms with van der Waals surface area (Å²) >= 11 is 3.38. The Bertz CT molecular complexity index is 863. The smallest absolute Gasteiger partial charge is 0.251 e. The van der Waals surface area contributed by atoms with Crippen LogP contribution in [0.15, 0.2) is 41.1 Å². The van der Waals surface area contributed by atoms with Crippen LogP contribution in [-0.4, -0.2) is 39.6 Å². The lowest BCUT2D eigenvalue weighted by Gasteiger charge is -2.37. The molecule has 3 aromatic rings. The minimum atomic E-state index is -2.37. The van der Waals surface area contributed by atoms with Gasteiger partial charge in [-0.25, -0.2) is 8.78 Å². The van der Waals surface area contributed by atoms with E-state index < -0.39 is 6.43 Å². The van der Waals surface area contributed by atoms with E-state index in [9.17, 15) is 8.78 Å². The number of aromatic nitrogens is 3. The number of aromatic amines is 1. The Hall–Kier alpha value is -1.86. The number of hydrogen-bond acceptors (Lipinski definition) is 3. The van der Waals surface area contributed by atoms with Crippen LogP contribution in [0.25, 0.3) is 10.9 Å². The van der Waals surface area contributed by atoms with Gasteiger partial charge in [-0.1, -0.05) is 6.07 Å². The van der Waals surface area contributed by atoms with Gasteiger partial charge in [0.15, 0.2) is 0 Å². The third kappa shape index (κ3) is 2.71. The first-order chi connectivity index (χ1) is 11.6. The van der Waals surface area contributed by atoms with Crippen LogP contribution in [0.1, 0.15) is 22.9 Å². The molecule has 0 saturated carbocycles. The van der Waals surface area contributed by atoms with Gasteiger partial charge in [0.2, 0.25) is 0 Å². The van der Waals surface area contributed by atoms with Crippen molar-refractivity contribution in [1.29, 1.82) is 0 Å². The van der Waals surface area contributed by atoms with Crippen LogP contribution in [0.2, 0.25) is 0 Å². The lowest BCUT2D eigenvalue weighted by atomic mass is 9.88. The van der Waals surface area contributed by atoms with Crippen LogP contribution in [0, 0.1) is 0 Å². The van der Waals surface area contributed by atoms with E-state index in [0.717, 1.165) is 33.1 Å². The molecule has 0 bridgehead atoms. The molecule has 1 N–H and O–H groups in total. The van der Waals surface area contributed by atoms with Gasteiger partial charge in [0.05, 0.1) is 30.0 Å². The molecule has 4 nitrogen and oxygen atoms in total. The number of hydrogen-bond donors (Lipinski definition) is 1. The highest BCUT2D eigenvalue weighted by Gasteiger charge is 2.32. The zero-order chi connectivity index (χ0) is 16.7. The van der Waals surface area contributed by atoms with E-state index in [1.54, 1.807) is 6.20 Å². The second kappa shape index (κ2) is 6.22. The third-order valence-corrected chi connectivity index (χ3v) is 4.95. The maximum atomic E-state index is 13.1. The predicted octanol–water partition coefficient (Wildman–Crippen LogP) is 3.93. The van der Waals surface area contributed by atoms with Gasteiger partial charge in [-0.05, 0) is 51.7 Å². The highest BCUT2D eigenvalue weighted by Crippen LogP contribution is 2.37. The molecule has 0 amide bonds. The summed E-state index contributed by atoms with van der Waals surface area (Å²) in [6.45, 7) is 0.315. The topological polar surface area (TPSA) is 44.8 Å². The van der Waals surface area contributed by atoms with Crippen molar-refractivity contribution in [2.75, 3.05) is 13.1 Å². The van der Waals surface area contributed by atoms with Crippen molar-refractivity contribution < 1.29 is 8.78 Å². The summed E-state index contributed by atoms with van der Waals surface area (Å²) in [6.07, 6.45) is 1.87. The highest BCUT2D eigenvalue weighted by molar-refractivity contribution is 9.10. The average molecular weight is 393 g/mol. The number of rotatable bonds is 3. The molecule has 0 fully saturated rings. The Labute approximate surface area is 146 Å². The zero-order valence-corrected chi connectivity index (χ0v) is 14.3. The van der Waals surface area contributed by atoms with E-state index >= 15 is 0 Å². The van der Waals surface area contributed by atoms with Crippen molar-refractivity contribution in [3.8, 4) is 0 Å². The minimum Gasteiger partial charge on any atom is -0.285 e. The summed E-state index contributed by atoms with van der Waals surface area (Å²) in [5.74, 6) is 0. The quantitative estimate of drug-likeness (QED) is 0.734. The maximum absolute atomic E-state index is 13.1. The number of nitrogens with one attached hydrogen (secondary N) is 1. The van der Waals surface area contributed by atoms with Gasteiger partial charge in [0.1, 0.15) is 0 Å². The van der Waals surface area contributed by atoms with E-state index in [-0.39, 0.29) is 12.6 Å². The second-order valence-corrected chi connectivity index (χ2v) is 6.82. The Morgan fingerprint density at radius 1 is 1.25 bits per heavy atom. The summed E-state index contributed by atoms with van der Waals surface area (Å²) < 4.78 is 27.0. The molecule has 1 aliphatic heterocycles. The fourth-order valence-electron chi connectivity index (χ4n) is 3.48. The van der Waals surface area contributed by atoms with Crippen LogP contribution in [0.3, 0.4) is 0 Å². The fourth-order valence-corrected chi connectivity index (χ4v) is 3.71. The van der Waals surface area contributed by atoms with Crippen molar-refractivity contribution in [2.45, 2.75) is 18.9 Å². The Kier molecular flexibility index (Phi) is 4.05. The van der Waals surface area contributed by atoms with Gasteiger partial charge in [0, 0.05) is 22.6 Å². The molecule has 1 aromatic carbocycles. The Balaban J connectivity index is 1.85. The van der Waals surface area contributed by atoms with Crippen molar-refractivity contribution in [3.63, 3.8) is 0 Å². The number of nitrogens with zero attached hydrogens (tertiary/aromatic N) is 3. The second-order valence-electron chi connectivity index (χ2n) is 5.90. The van der Waals surface area contributed by atoms with Gasteiger partial charge in [-0.15, -0.1) is 0 Å². The summed E-state index contributed by atoms with van der Waals surface area (Å²) in [5.41, 5.74) is 3.95. The number of pyridine rings is 1. The Morgan fingerprint density at radius 2 is 2.12 bits per heavy atom. The van der Waals surface area contributed by atoms with E-state index in [4.69, 9.17) is 0 Å². The number of halogens is 3. The molecule has 4 rings (SSSR count). The molecule has 1 atom stereocenters. The first-order valence-corrected chi connectivity index (χ1v) is 8.51. The SMILES string of the molecule is FC(F)CN1CCc2c(ccc3[nH]ncc23)[C@H]1c1ccc(Br)cn1. The zero-order valence-electron chi connectivity index (χ0n) is 12.7. The fraction of sp³-hybridized carbons (Fsp3) is 0.294. The van der Waals surface area contributed by atoms with Gasteiger partial charge < -0.3 is 0 Å². The van der Waals surface area contributed by atoms with E-state index in [1.807, 2.05) is 35.4 Å². The summed E-state index contributed by atoms with van der Waals surface area (Å²) in [7, 11) is 0. The van der Waals surface area contributed by atoms with E-state index in [0.29, 0.717) is 6.54 Å². The van der Waals surface area contributed by atoms with Crippen molar-refractivity contribution in [2.24, 2.45) is 0 Å². The highest BCUT2D eigenvalue weighted by atomic mass is 79.9. The molecule has 0 spiro atoms. The molecule has 0 aliphatic carbocycles. The molecule has 0 unspecified atom stereocenters.